The number of rotatable bonds is 5. The number of benzene rings is 1. The molecule has 2 atom stereocenters. The Morgan fingerprint density at radius 2 is 1.34 bits per heavy atom. The number of hydrogen-bond donors (Lipinski definition) is 0. The summed E-state index contributed by atoms with van der Waals surface area (Å²) in [5.41, 5.74) is 6.58. The van der Waals surface area contributed by atoms with Crippen molar-refractivity contribution in [3.8, 4) is 0 Å². The number of hydrogen-bond acceptors (Lipinski definition) is 3. The fourth-order valence-electron chi connectivity index (χ4n) is 7.38. The number of fused-ring (bicyclic) bond motifs is 2. The van der Waals surface area contributed by atoms with Crippen LogP contribution < -0.4 is 3.86 Å². The van der Waals surface area contributed by atoms with Crippen molar-refractivity contribution in [3.63, 3.8) is 0 Å². The second-order valence-electron chi connectivity index (χ2n) is 14.2. The standard InChI is InChI=1S/C29H49GeN3PSi/c1-19(2)23-14-13-15-24(20(3)4)26(23)31(30)25-21-16-17-22(18-21)27(25)34-32(28(5,6)7)35(11,12)33(34)29(8,9)10/h13-15,19-22H,16-18H2,1-12H3/t21-,22+/m0/s1. The molecular formula is C29H49GeN3PSi. The molecule has 2 fully saturated rings. The van der Waals surface area contributed by atoms with E-state index in [1.807, 2.05) is 5.31 Å². The maximum absolute atomic E-state index is 3.02. The second kappa shape index (κ2) is 9.26. The van der Waals surface area contributed by atoms with Crippen LogP contribution in [0.25, 0.3) is 0 Å². The predicted molar refractivity (Wildman–Crippen MR) is 158 cm³/mol. The Bertz CT molecular complexity index is 954. The van der Waals surface area contributed by atoms with Crippen LogP contribution >= 0.6 is 8.22 Å². The molecule has 3 aliphatic rings. The quantitative estimate of drug-likeness (QED) is 0.259. The van der Waals surface area contributed by atoms with Crippen molar-refractivity contribution >= 4 is 39.0 Å². The molecule has 35 heavy (non-hydrogen) atoms. The second-order valence-corrected chi connectivity index (χ2v) is 21.6. The Balaban J connectivity index is 1.93. The molecule has 1 saturated carbocycles. The third-order valence-corrected chi connectivity index (χ3v) is 19.6. The SMILES string of the molecule is CC(C)c1cccc(C(C)C)c1[N]([Ge])C1=C(P2N(C(C)(C)C)[Si](C)(C)N2C(C)(C)C)[C@@H]2CC[C@H]1C2. The minimum absolute atomic E-state index is 0.195. The van der Waals surface area contributed by atoms with Crippen molar-refractivity contribution in [1.82, 2.24) is 8.67 Å². The summed E-state index contributed by atoms with van der Waals surface area (Å²) in [6, 6.07) is 7.04. The van der Waals surface area contributed by atoms with E-state index in [9.17, 15) is 0 Å². The molecular weight excluding hydrogens is 522 g/mol. The number of nitrogens with zero attached hydrogens (tertiary/aromatic N) is 3. The number of anilines is 1. The van der Waals surface area contributed by atoms with Crippen LogP contribution in [0.1, 0.15) is 111 Å². The summed E-state index contributed by atoms with van der Waals surface area (Å²) in [6.45, 7) is 29.4. The zero-order valence-electron chi connectivity index (χ0n) is 24.5. The van der Waals surface area contributed by atoms with E-state index >= 15 is 0 Å². The van der Waals surface area contributed by atoms with E-state index in [1.54, 1.807) is 5.70 Å². The van der Waals surface area contributed by atoms with Gasteiger partial charge in [0.1, 0.15) is 0 Å². The third kappa shape index (κ3) is 4.56. The van der Waals surface area contributed by atoms with Crippen LogP contribution in [0.2, 0.25) is 13.1 Å². The van der Waals surface area contributed by atoms with Crippen LogP contribution in [0.5, 0.6) is 0 Å². The molecule has 3 nitrogen and oxygen atoms in total. The van der Waals surface area contributed by atoms with Crippen molar-refractivity contribution in [2.75, 3.05) is 3.86 Å². The molecule has 4 rings (SSSR count). The molecule has 6 heteroatoms. The van der Waals surface area contributed by atoms with Gasteiger partial charge in [0.2, 0.25) is 0 Å². The summed E-state index contributed by atoms with van der Waals surface area (Å²) in [5, 5.41) is 1.82. The van der Waals surface area contributed by atoms with Crippen LogP contribution in [0.4, 0.5) is 5.69 Å². The van der Waals surface area contributed by atoms with Gasteiger partial charge in [-0.05, 0) is 0 Å². The van der Waals surface area contributed by atoms with E-state index < -0.39 is 16.6 Å². The van der Waals surface area contributed by atoms with E-state index in [0.29, 0.717) is 11.8 Å². The topological polar surface area (TPSA) is 9.72 Å². The summed E-state index contributed by atoms with van der Waals surface area (Å²) >= 11 is 2.41. The average molecular weight is 571 g/mol. The van der Waals surface area contributed by atoms with Crippen LogP contribution in [-0.4, -0.2) is 44.9 Å². The van der Waals surface area contributed by atoms with Gasteiger partial charge in [0.15, 0.2) is 0 Å². The predicted octanol–water partition coefficient (Wildman–Crippen LogP) is 8.69. The minimum atomic E-state index is -1.70. The van der Waals surface area contributed by atoms with Crippen molar-refractivity contribution in [1.29, 1.82) is 0 Å². The first-order chi connectivity index (χ1) is 16.0. The number of para-hydroxylation sites is 1. The Labute approximate surface area is 227 Å². The molecule has 2 bridgehead atoms. The van der Waals surface area contributed by atoms with Crippen molar-refractivity contribution in [3.05, 3.63) is 40.3 Å². The number of allylic oxidation sites excluding steroid dienone is 2. The molecule has 1 aromatic carbocycles. The molecule has 3 radical (unpaired) electrons. The fourth-order valence-corrected chi connectivity index (χ4v) is 19.9. The van der Waals surface area contributed by atoms with Gasteiger partial charge in [-0.2, -0.15) is 0 Å². The van der Waals surface area contributed by atoms with Gasteiger partial charge in [-0.15, -0.1) is 0 Å². The van der Waals surface area contributed by atoms with Crippen LogP contribution in [0.15, 0.2) is 29.2 Å². The van der Waals surface area contributed by atoms with E-state index in [2.05, 4.69) is 130 Å². The molecule has 0 amide bonds. The van der Waals surface area contributed by atoms with Gasteiger partial charge in [-0.3, -0.25) is 0 Å². The molecule has 0 unspecified atom stereocenters. The Hall–Kier alpha value is -0.130. The van der Waals surface area contributed by atoms with Gasteiger partial charge in [-0.25, -0.2) is 0 Å². The zero-order chi connectivity index (χ0) is 26.2. The summed E-state index contributed by atoms with van der Waals surface area (Å²) in [5.74, 6) is 2.52. The van der Waals surface area contributed by atoms with E-state index in [4.69, 9.17) is 0 Å². The zero-order valence-corrected chi connectivity index (χ0v) is 28.4. The molecule has 0 aromatic heterocycles. The van der Waals surface area contributed by atoms with Gasteiger partial charge in [0.25, 0.3) is 0 Å². The molecule has 1 saturated heterocycles. The van der Waals surface area contributed by atoms with Gasteiger partial charge < -0.3 is 0 Å². The first-order valence-electron chi connectivity index (χ1n) is 13.8. The van der Waals surface area contributed by atoms with Gasteiger partial charge in [0, 0.05) is 0 Å². The summed E-state index contributed by atoms with van der Waals surface area (Å²) in [7, 11) is -2.15. The Kier molecular flexibility index (Phi) is 7.38. The summed E-state index contributed by atoms with van der Waals surface area (Å²) in [4.78, 5) is 0. The molecule has 0 spiro atoms. The molecule has 193 valence electrons. The monoisotopic (exact) mass is 572 g/mol. The summed E-state index contributed by atoms with van der Waals surface area (Å²) < 4.78 is 8.73. The normalized spacial score (nSPS) is 25.8. The summed E-state index contributed by atoms with van der Waals surface area (Å²) in [6.07, 6.45) is 4.12. The molecule has 2 aliphatic carbocycles. The first kappa shape index (κ1) is 27.9. The van der Waals surface area contributed by atoms with Crippen molar-refractivity contribution in [2.24, 2.45) is 11.8 Å². The third-order valence-electron chi connectivity index (χ3n) is 8.18. The molecule has 0 N–H and O–H groups in total. The molecule has 1 aromatic rings. The van der Waals surface area contributed by atoms with Crippen molar-refractivity contribution < 1.29 is 0 Å². The maximum atomic E-state index is 3.02. The van der Waals surface area contributed by atoms with Gasteiger partial charge in [-0.1, -0.05) is 0 Å². The first-order valence-corrected chi connectivity index (χ1v) is 18.9. The van der Waals surface area contributed by atoms with Gasteiger partial charge >= 0.3 is 228 Å². The Morgan fingerprint density at radius 1 is 0.886 bits per heavy atom. The molecule has 1 aliphatic heterocycles. The van der Waals surface area contributed by atoms with E-state index in [-0.39, 0.29) is 11.1 Å². The Morgan fingerprint density at radius 3 is 1.77 bits per heavy atom. The molecule has 1 heterocycles. The van der Waals surface area contributed by atoms with Crippen LogP contribution in [0, 0.1) is 11.8 Å². The van der Waals surface area contributed by atoms with Crippen molar-refractivity contribution in [2.45, 2.75) is 125 Å². The average Bonchev–Trinajstić information content (AvgIpc) is 3.30. The van der Waals surface area contributed by atoms with Crippen LogP contribution in [-0.2, 0) is 0 Å². The van der Waals surface area contributed by atoms with E-state index in [1.165, 1.54) is 36.1 Å². The van der Waals surface area contributed by atoms with E-state index in [0.717, 1.165) is 11.8 Å². The van der Waals surface area contributed by atoms with Gasteiger partial charge in [0.05, 0.1) is 0 Å². The van der Waals surface area contributed by atoms with Crippen LogP contribution in [0.3, 0.4) is 0 Å². The fraction of sp³-hybridized carbons (Fsp3) is 0.724.